The molecule has 1 saturated carbocycles. The predicted octanol–water partition coefficient (Wildman–Crippen LogP) is 6.25. The van der Waals surface area contributed by atoms with Gasteiger partial charge < -0.3 is 20.7 Å². The Hall–Kier alpha value is -4.72. The second-order valence-corrected chi connectivity index (χ2v) is 11.0. The highest BCUT2D eigenvalue weighted by molar-refractivity contribution is 6.04. The molecule has 1 heterocycles. The van der Waals surface area contributed by atoms with E-state index in [-0.39, 0.29) is 30.2 Å². The number of aromatic nitrogens is 1. The van der Waals surface area contributed by atoms with Crippen LogP contribution in [0.3, 0.4) is 0 Å². The zero-order valence-electron chi connectivity index (χ0n) is 22.7. The third-order valence-corrected chi connectivity index (χ3v) is 6.66. The highest BCUT2D eigenvalue weighted by atomic mass is 16.6. The molecule has 3 aromatic carbocycles. The number of rotatable bonds is 7. The van der Waals surface area contributed by atoms with E-state index in [1.807, 2.05) is 54.6 Å². The summed E-state index contributed by atoms with van der Waals surface area (Å²) >= 11 is 0. The van der Waals surface area contributed by atoms with Crippen LogP contribution in [0.25, 0.3) is 10.8 Å². The van der Waals surface area contributed by atoms with Crippen LogP contribution in [0.4, 0.5) is 16.2 Å². The number of nitrogens with one attached hydrogen (secondary N) is 3. The maximum atomic E-state index is 12.8. The number of hydrogen-bond acceptors (Lipinski definition) is 5. The van der Waals surface area contributed by atoms with Gasteiger partial charge in [-0.3, -0.25) is 14.6 Å². The zero-order chi connectivity index (χ0) is 28.3. The fourth-order valence-corrected chi connectivity index (χ4v) is 4.58. The van der Waals surface area contributed by atoms with Crippen molar-refractivity contribution in [2.24, 2.45) is 5.92 Å². The van der Waals surface area contributed by atoms with Crippen LogP contribution in [-0.4, -0.2) is 28.5 Å². The molecule has 5 rings (SSSR count). The third-order valence-electron chi connectivity index (χ3n) is 6.66. The molecule has 1 aliphatic carbocycles. The highest BCUT2D eigenvalue weighted by Gasteiger charge is 2.43. The Labute approximate surface area is 233 Å². The van der Waals surface area contributed by atoms with Crippen molar-refractivity contribution in [1.82, 2.24) is 10.3 Å². The topological polar surface area (TPSA) is 109 Å². The lowest BCUT2D eigenvalue weighted by Gasteiger charge is -2.19. The van der Waals surface area contributed by atoms with Crippen LogP contribution < -0.4 is 16.0 Å². The van der Waals surface area contributed by atoms with Gasteiger partial charge in [0.05, 0.1) is 0 Å². The SMILES string of the molecule is CC(C)(C)OC(=O)NCc1cccc(NC(=O)c2ccc([C@@H]3C[C@H]3C(=O)Nc3ccc4cnccc4c3)cc2)c1. The number of alkyl carbamates (subject to hydrolysis) is 1. The van der Waals surface area contributed by atoms with Gasteiger partial charge in [-0.1, -0.05) is 30.3 Å². The monoisotopic (exact) mass is 536 g/mol. The van der Waals surface area contributed by atoms with Crippen molar-refractivity contribution in [3.63, 3.8) is 0 Å². The van der Waals surface area contributed by atoms with Crippen LogP contribution in [0.15, 0.2) is 85.2 Å². The summed E-state index contributed by atoms with van der Waals surface area (Å²) in [7, 11) is 0. The smallest absolute Gasteiger partial charge is 0.407 e. The van der Waals surface area contributed by atoms with E-state index in [0.717, 1.165) is 34.0 Å². The number of carbonyl (C=O) groups excluding carboxylic acids is 3. The minimum absolute atomic E-state index is 0.00117. The zero-order valence-corrected chi connectivity index (χ0v) is 22.7. The molecule has 0 aliphatic heterocycles. The van der Waals surface area contributed by atoms with Crippen molar-refractivity contribution in [3.8, 4) is 0 Å². The van der Waals surface area contributed by atoms with Crippen molar-refractivity contribution in [2.45, 2.75) is 45.3 Å². The summed E-state index contributed by atoms with van der Waals surface area (Å²) in [5, 5.41) is 10.7. The number of ether oxygens (including phenoxy) is 1. The molecule has 3 N–H and O–H groups in total. The van der Waals surface area contributed by atoms with Gasteiger partial charge in [0.1, 0.15) is 5.60 Å². The predicted molar refractivity (Wildman–Crippen MR) is 155 cm³/mol. The van der Waals surface area contributed by atoms with Gasteiger partial charge in [0.15, 0.2) is 0 Å². The van der Waals surface area contributed by atoms with Gasteiger partial charge in [0.2, 0.25) is 5.91 Å². The van der Waals surface area contributed by atoms with Crippen molar-refractivity contribution >= 4 is 40.1 Å². The first-order chi connectivity index (χ1) is 19.1. The molecule has 0 radical (unpaired) electrons. The fourth-order valence-electron chi connectivity index (χ4n) is 4.58. The molecule has 8 nitrogen and oxygen atoms in total. The third kappa shape index (κ3) is 6.83. The summed E-state index contributed by atoms with van der Waals surface area (Å²) in [6.07, 6.45) is 3.81. The number of carbonyl (C=O) groups is 3. The molecule has 1 aromatic heterocycles. The minimum atomic E-state index is -0.571. The fraction of sp³-hybridized carbons (Fsp3) is 0.250. The van der Waals surface area contributed by atoms with Crippen LogP contribution >= 0.6 is 0 Å². The lowest BCUT2D eigenvalue weighted by atomic mass is 10.1. The molecule has 204 valence electrons. The normalized spacial score (nSPS) is 16.2. The summed E-state index contributed by atoms with van der Waals surface area (Å²) in [5.74, 6) is -0.192. The van der Waals surface area contributed by atoms with Crippen LogP contribution in [0, 0.1) is 5.92 Å². The van der Waals surface area contributed by atoms with E-state index in [9.17, 15) is 14.4 Å². The van der Waals surface area contributed by atoms with Crippen LogP contribution in [0.2, 0.25) is 0 Å². The van der Waals surface area contributed by atoms with Gasteiger partial charge in [0.25, 0.3) is 5.91 Å². The lowest BCUT2D eigenvalue weighted by molar-refractivity contribution is -0.117. The molecule has 0 spiro atoms. The number of hydrogen-bond donors (Lipinski definition) is 3. The maximum Gasteiger partial charge on any atom is 0.407 e. The molecule has 40 heavy (non-hydrogen) atoms. The van der Waals surface area contributed by atoms with E-state index in [1.165, 1.54) is 0 Å². The summed E-state index contributed by atoms with van der Waals surface area (Å²) in [6, 6.07) is 22.4. The number of benzene rings is 3. The van der Waals surface area contributed by atoms with Crippen LogP contribution in [-0.2, 0) is 16.1 Å². The largest absolute Gasteiger partial charge is 0.444 e. The van der Waals surface area contributed by atoms with Crippen LogP contribution in [0.5, 0.6) is 0 Å². The standard InChI is InChI=1S/C32H32N4O4/c1-32(2,3)40-31(39)34-18-20-5-4-6-25(15-20)35-29(37)22-9-7-21(8-10-22)27-17-28(27)30(38)36-26-12-11-24-19-33-14-13-23(24)16-26/h4-16,19,27-28H,17-18H2,1-3H3,(H,34,39)(H,35,37)(H,36,38)/t27-,28+/m0/s1. The number of amides is 3. The quantitative estimate of drug-likeness (QED) is 0.259. The van der Waals surface area contributed by atoms with Crippen molar-refractivity contribution < 1.29 is 19.1 Å². The molecule has 0 bridgehead atoms. The van der Waals surface area contributed by atoms with E-state index in [0.29, 0.717) is 11.3 Å². The number of anilines is 2. The van der Waals surface area contributed by atoms with E-state index in [1.54, 1.807) is 51.4 Å². The Morgan fingerprint density at radius 3 is 2.45 bits per heavy atom. The van der Waals surface area contributed by atoms with E-state index in [2.05, 4.69) is 20.9 Å². The Bertz CT molecular complexity index is 1560. The first-order valence-electron chi connectivity index (χ1n) is 13.3. The number of nitrogens with zero attached hydrogens (tertiary/aromatic N) is 1. The van der Waals surface area contributed by atoms with Gasteiger partial charge in [-0.2, -0.15) is 0 Å². The van der Waals surface area contributed by atoms with Crippen molar-refractivity contribution in [3.05, 3.63) is 102 Å². The molecule has 1 aliphatic rings. The Balaban J connectivity index is 1.13. The number of pyridine rings is 1. The Morgan fingerprint density at radius 1 is 0.900 bits per heavy atom. The summed E-state index contributed by atoms with van der Waals surface area (Å²) in [6.45, 7) is 5.70. The average Bonchev–Trinajstić information content (AvgIpc) is 3.73. The van der Waals surface area contributed by atoms with Gasteiger partial charge in [-0.05, 0) is 92.1 Å². The van der Waals surface area contributed by atoms with Gasteiger partial charge >= 0.3 is 6.09 Å². The molecule has 0 unspecified atom stereocenters. The summed E-state index contributed by atoms with van der Waals surface area (Å²) < 4.78 is 5.26. The van der Waals surface area contributed by atoms with Gasteiger partial charge in [0, 0.05) is 47.2 Å². The molecule has 1 fully saturated rings. The minimum Gasteiger partial charge on any atom is -0.444 e. The average molecular weight is 537 g/mol. The Morgan fingerprint density at radius 2 is 1.68 bits per heavy atom. The molecule has 3 amide bonds. The second kappa shape index (κ2) is 11.2. The van der Waals surface area contributed by atoms with Gasteiger partial charge in [-0.25, -0.2) is 4.79 Å². The first-order valence-corrected chi connectivity index (χ1v) is 13.3. The van der Waals surface area contributed by atoms with E-state index < -0.39 is 11.7 Å². The van der Waals surface area contributed by atoms with E-state index >= 15 is 0 Å². The first kappa shape index (κ1) is 26.9. The van der Waals surface area contributed by atoms with Gasteiger partial charge in [-0.15, -0.1) is 0 Å². The second-order valence-electron chi connectivity index (χ2n) is 11.0. The number of fused-ring (bicyclic) bond motifs is 1. The van der Waals surface area contributed by atoms with Crippen LogP contribution in [0.1, 0.15) is 54.6 Å². The highest BCUT2D eigenvalue weighted by Crippen LogP contribution is 2.48. The molecule has 8 heteroatoms. The summed E-state index contributed by atoms with van der Waals surface area (Å²) in [5.41, 5.74) is 3.22. The molecule has 2 atom stereocenters. The molecular weight excluding hydrogens is 504 g/mol. The van der Waals surface area contributed by atoms with E-state index in [4.69, 9.17) is 4.74 Å². The molecule has 0 saturated heterocycles. The summed E-state index contributed by atoms with van der Waals surface area (Å²) in [4.78, 5) is 41.7. The maximum absolute atomic E-state index is 12.8. The van der Waals surface area contributed by atoms with Crippen molar-refractivity contribution in [1.29, 1.82) is 0 Å². The molecule has 4 aromatic rings. The Kier molecular flexibility index (Phi) is 7.51. The lowest BCUT2D eigenvalue weighted by Crippen LogP contribution is -2.32. The molecular formula is C32H32N4O4. The van der Waals surface area contributed by atoms with Crippen molar-refractivity contribution in [2.75, 3.05) is 10.6 Å².